The molecule has 7 heteroatoms. The van der Waals surface area contributed by atoms with E-state index in [1.807, 2.05) is 0 Å². The Balaban J connectivity index is 1.93. The maximum Gasteiger partial charge on any atom is 0.392 e. The summed E-state index contributed by atoms with van der Waals surface area (Å²) in [6.45, 7) is 1.21. The smallest absolute Gasteiger partial charge is 0.392 e. The molecule has 112 valence electrons. The molecule has 0 amide bonds. The van der Waals surface area contributed by atoms with Crippen LogP contribution in [0.2, 0.25) is 0 Å². The standard InChI is InChI=1S/C13H18F3N3O/c14-13(15,16)3-5-20-12-6-11(7-18-8-12)19-4-1-2-10(17)9-19/h6-8,10H,1-5,9,17H2. The molecule has 1 saturated heterocycles. The van der Waals surface area contributed by atoms with Crippen molar-refractivity contribution in [3.8, 4) is 5.75 Å². The van der Waals surface area contributed by atoms with E-state index in [4.69, 9.17) is 10.5 Å². The van der Waals surface area contributed by atoms with Gasteiger partial charge in [0.1, 0.15) is 5.75 Å². The van der Waals surface area contributed by atoms with Gasteiger partial charge < -0.3 is 15.4 Å². The lowest BCUT2D eigenvalue weighted by atomic mass is 10.1. The lowest BCUT2D eigenvalue weighted by molar-refractivity contribution is -0.139. The fourth-order valence-electron chi connectivity index (χ4n) is 2.19. The molecule has 1 aromatic heterocycles. The van der Waals surface area contributed by atoms with Crippen molar-refractivity contribution in [1.82, 2.24) is 4.98 Å². The second-order valence-corrected chi connectivity index (χ2v) is 4.94. The number of hydrogen-bond donors (Lipinski definition) is 1. The number of hydrogen-bond acceptors (Lipinski definition) is 4. The van der Waals surface area contributed by atoms with Crippen LogP contribution in [-0.2, 0) is 0 Å². The predicted molar refractivity (Wildman–Crippen MR) is 69.8 cm³/mol. The summed E-state index contributed by atoms with van der Waals surface area (Å²) >= 11 is 0. The Labute approximate surface area is 115 Å². The average molecular weight is 289 g/mol. The fourth-order valence-corrected chi connectivity index (χ4v) is 2.19. The van der Waals surface area contributed by atoms with Crippen LogP contribution in [0.15, 0.2) is 18.5 Å². The Kier molecular flexibility index (Phi) is 4.69. The Morgan fingerprint density at radius 3 is 2.90 bits per heavy atom. The highest BCUT2D eigenvalue weighted by Crippen LogP contribution is 2.24. The largest absolute Gasteiger partial charge is 0.492 e. The summed E-state index contributed by atoms with van der Waals surface area (Å²) in [7, 11) is 0. The number of anilines is 1. The van der Waals surface area contributed by atoms with Crippen molar-refractivity contribution in [2.45, 2.75) is 31.5 Å². The van der Waals surface area contributed by atoms with E-state index in [1.54, 1.807) is 12.3 Å². The minimum Gasteiger partial charge on any atom is -0.492 e. The summed E-state index contributed by atoms with van der Waals surface area (Å²) in [5.41, 5.74) is 6.75. The number of alkyl halides is 3. The first kappa shape index (κ1) is 14.9. The molecular weight excluding hydrogens is 271 g/mol. The lowest BCUT2D eigenvalue weighted by Crippen LogP contribution is -2.42. The highest BCUT2D eigenvalue weighted by molar-refractivity contribution is 5.48. The van der Waals surface area contributed by atoms with Crippen molar-refractivity contribution in [3.05, 3.63) is 18.5 Å². The molecule has 0 bridgehead atoms. The topological polar surface area (TPSA) is 51.4 Å². The number of halogens is 3. The number of rotatable bonds is 4. The van der Waals surface area contributed by atoms with Gasteiger partial charge in [0.25, 0.3) is 0 Å². The Hall–Kier alpha value is -1.50. The summed E-state index contributed by atoms with van der Waals surface area (Å²) in [5.74, 6) is 0.353. The van der Waals surface area contributed by atoms with Gasteiger partial charge in [0, 0.05) is 25.2 Å². The van der Waals surface area contributed by atoms with E-state index in [0.29, 0.717) is 5.75 Å². The Bertz CT molecular complexity index is 439. The maximum absolute atomic E-state index is 12.1. The summed E-state index contributed by atoms with van der Waals surface area (Å²) in [6, 6.07) is 1.83. The number of ether oxygens (including phenoxy) is 1. The molecule has 0 spiro atoms. The normalized spacial score (nSPS) is 20.0. The lowest BCUT2D eigenvalue weighted by Gasteiger charge is -2.32. The molecule has 1 fully saturated rings. The summed E-state index contributed by atoms with van der Waals surface area (Å²) < 4.78 is 41.3. The molecule has 2 N–H and O–H groups in total. The fraction of sp³-hybridized carbons (Fsp3) is 0.615. The molecule has 1 unspecified atom stereocenters. The van der Waals surface area contributed by atoms with Crippen LogP contribution in [0.25, 0.3) is 0 Å². The van der Waals surface area contributed by atoms with Crippen molar-refractivity contribution >= 4 is 5.69 Å². The summed E-state index contributed by atoms with van der Waals surface area (Å²) in [6.07, 6.45) is -0.0824. The summed E-state index contributed by atoms with van der Waals surface area (Å²) in [5, 5.41) is 0. The zero-order chi connectivity index (χ0) is 14.6. The van der Waals surface area contributed by atoms with Gasteiger partial charge in [0.2, 0.25) is 0 Å². The predicted octanol–water partition coefficient (Wildman–Crippen LogP) is 2.34. The van der Waals surface area contributed by atoms with Crippen LogP contribution < -0.4 is 15.4 Å². The average Bonchev–Trinajstić information content (AvgIpc) is 2.38. The Morgan fingerprint density at radius 2 is 2.20 bits per heavy atom. The highest BCUT2D eigenvalue weighted by Gasteiger charge is 2.27. The molecule has 4 nitrogen and oxygen atoms in total. The van der Waals surface area contributed by atoms with Crippen molar-refractivity contribution in [3.63, 3.8) is 0 Å². The van der Waals surface area contributed by atoms with Crippen LogP contribution >= 0.6 is 0 Å². The third-order valence-electron chi connectivity index (χ3n) is 3.18. The molecule has 1 aromatic rings. The minimum absolute atomic E-state index is 0.124. The first-order valence-electron chi connectivity index (χ1n) is 6.59. The van der Waals surface area contributed by atoms with Crippen molar-refractivity contribution < 1.29 is 17.9 Å². The second-order valence-electron chi connectivity index (χ2n) is 4.94. The highest BCUT2D eigenvalue weighted by atomic mass is 19.4. The van der Waals surface area contributed by atoms with Crippen LogP contribution in [0.1, 0.15) is 19.3 Å². The molecule has 2 heterocycles. The SMILES string of the molecule is NC1CCCN(c2cncc(OCCC(F)(F)F)c2)C1. The number of pyridine rings is 1. The van der Waals surface area contributed by atoms with Gasteiger partial charge in [0.05, 0.1) is 31.1 Å². The number of aromatic nitrogens is 1. The number of piperidine rings is 1. The monoisotopic (exact) mass is 289 g/mol. The van der Waals surface area contributed by atoms with Crippen LogP contribution in [-0.4, -0.2) is 36.9 Å². The van der Waals surface area contributed by atoms with Crippen LogP contribution in [0.3, 0.4) is 0 Å². The minimum atomic E-state index is -4.20. The van der Waals surface area contributed by atoms with Gasteiger partial charge in [0.15, 0.2) is 0 Å². The van der Waals surface area contributed by atoms with Gasteiger partial charge in [-0.15, -0.1) is 0 Å². The molecule has 1 atom stereocenters. The Morgan fingerprint density at radius 1 is 1.40 bits per heavy atom. The summed E-state index contributed by atoms with van der Waals surface area (Å²) in [4.78, 5) is 6.09. The zero-order valence-corrected chi connectivity index (χ0v) is 11.1. The van der Waals surface area contributed by atoms with E-state index in [1.165, 1.54) is 6.20 Å². The van der Waals surface area contributed by atoms with Crippen molar-refractivity contribution in [1.29, 1.82) is 0 Å². The van der Waals surface area contributed by atoms with E-state index >= 15 is 0 Å². The molecule has 0 aliphatic carbocycles. The molecule has 0 radical (unpaired) electrons. The van der Waals surface area contributed by atoms with E-state index in [0.717, 1.165) is 31.6 Å². The van der Waals surface area contributed by atoms with Gasteiger partial charge in [-0.2, -0.15) is 13.2 Å². The molecule has 1 aliphatic rings. The van der Waals surface area contributed by atoms with Gasteiger partial charge in [-0.05, 0) is 12.8 Å². The van der Waals surface area contributed by atoms with Crippen LogP contribution in [0.4, 0.5) is 18.9 Å². The first-order chi connectivity index (χ1) is 9.44. The van der Waals surface area contributed by atoms with Crippen molar-refractivity contribution in [2.24, 2.45) is 5.73 Å². The van der Waals surface area contributed by atoms with Gasteiger partial charge in [-0.3, -0.25) is 4.98 Å². The van der Waals surface area contributed by atoms with Gasteiger partial charge in [-0.25, -0.2) is 0 Å². The van der Waals surface area contributed by atoms with E-state index in [-0.39, 0.29) is 6.04 Å². The van der Waals surface area contributed by atoms with Crippen LogP contribution in [0.5, 0.6) is 5.75 Å². The van der Waals surface area contributed by atoms with Crippen molar-refractivity contribution in [2.75, 3.05) is 24.6 Å². The van der Waals surface area contributed by atoms with E-state index < -0.39 is 19.2 Å². The molecule has 20 heavy (non-hydrogen) atoms. The van der Waals surface area contributed by atoms with E-state index in [2.05, 4.69) is 9.88 Å². The molecule has 0 aromatic carbocycles. The third kappa shape index (κ3) is 4.56. The van der Waals surface area contributed by atoms with Gasteiger partial charge in [-0.1, -0.05) is 0 Å². The van der Waals surface area contributed by atoms with Gasteiger partial charge >= 0.3 is 6.18 Å². The zero-order valence-electron chi connectivity index (χ0n) is 11.1. The molecular formula is C13H18F3N3O. The maximum atomic E-state index is 12.1. The quantitative estimate of drug-likeness (QED) is 0.924. The van der Waals surface area contributed by atoms with E-state index in [9.17, 15) is 13.2 Å². The third-order valence-corrected chi connectivity index (χ3v) is 3.18. The number of nitrogens with zero attached hydrogens (tertiary/aromatic N) is 2. The molecule has 1 aliphatic heterocycles. The first-order valence-corrected chi connectivity index (χ1v) is 6.59. The molecule has 0 saturated carbocycles. The second kappa shape index (κ2) is 6.30. The number of nitrogens with two attached hydrogens (primary N) is 1. The van der Waals surface area contributed by atoms with Crippen LogP contribution in [0, 0.1) is 0 Å². The molecule has 2 rings (SSSR count).